The summed E-state index contributed by atoms with van der Waals surface area (Å²) in [6.45, 7) is 3.37. The third-order valence-corrected chi connectivity index (χ3v) is 5.28. The van der Waals surface area contributed by atoms with Crippen LogP contribution in [0.1, 0.15) is 12.1 Å². The fourth-order valence-electron chi connectivity index (χ4n) is 1.93. The molecule has 2 rings (SSSR count). The highest BCUT2D eigenvalue weighted by Gasteiger charge is 2.10. The van der Waals surface area contributed by atoms with Crippen molar-refractivity contribution < 1.29 is 13.5 Å². The van der Waals surface area contributed by atoms with Gasteiger partial charge in [0.1, 0.15) is 15.0 Å². The molecule has 2 aromatic rings. The van der Waals surface area contributed by atoms with Crippen LogP contribution in [0.3, 0.4) is 0 Å². The summed E-state index contributed by atoms with van der Waals surface area (Å²) >= 11 is -1.05. The van der Waals surface area contributed by atoms with Gasteiger partial charge in [-0.2, -0.15) is 0 Å². The zero-order valence-electron chi connectivity index (χ0n) is 12.9. The molecule has 1 atom stereocenters. The van der Waals surface area contributed by atoms with Crippen molar-refractivity contribution in [3.63, 3.8) is 0 Å². The summed E-state index contributed by atoms with van der Waals surface area (Å²) in [4.78, 5) is 6.43. The van der Waals surface area contributed by atoms with E-state index < -0.39 is 11.1 Å². The number of ether oxygens (including phenoxy) is 1. The van der Waals surface area contributed by atoms with Crippen LogP contribution < -0.4 is 4.74 Å². The Morgan fingerprint density at radius 2 is 2.00 bits per heavy atom. The SMILES string of the molecule is Cc1nc(-c2ccc(OCCCN(C)C)cc2)sc1S(=O)[O-]. The molecule has 0 radical (unpaired) electrons. The second-order valence-electron chi connectivity index (χ2n) is 5.16. The van der Waals surface area contributed by atoms with Crippen LogP contribution in [-0.2, 0) is 11.1 Å². The van der Waals surface area contributed by atoms with E-state index in [1.54, 1.807) is 6.92 Å². The van der Waals surface area contributed by atoms with Crippen molar-refractivity contribution >= 4 is 22.4 Å². The Morgan fingerprint density at radius 1 is 1.32 bits per heavy atom. The highest BCUT2D eigenvalue weighted by molar-refractivity contribution is 7.81. The quantitative estimate of drug-likeness (QED) is 0.573. The smallest absolute Gasteiger partial charge is 0.124 e. The molecule has 0 aliphatic rings. The van der Waals surface area contributed by atoms with Gasteiger partial charge in [-0.25, -0.2) is 4.98 Å². The minimum atomic E-state index is -2.23. The van der Waals surface area contributed by atoms with Gasteiger partial charge < -0.3 is 14.2 Å². The number of aryl methyl sites for hydroxylation is 1. The molecule has 5 nitrogen and oxygen atoms in total. The molecule has 22 heavy (non-hydrogen) atoms. The lowest BCUT2D eigenvalue weighted by Gasteiger charge is -2.10. The Kier molecular flexibility index (Phi) is 6.07. The van der Waals surface area contributed by atoms with Crippen molar-refractivity contribution in [1.82, 2.24) is 9.88 Å². The van der Waals surface area contributed by atoms with E-state index in [9.17, 15) is 8.76 Å². The molecule has 1 unspecified atom stereocenters. The van der Waals surface area contributed by atoms with Gasteiger partial charge in [-0.15, -0.1) is 11.3 Å². The highest BCUT2D eigenvalue weighted by Crippen LogP contribution is 2.30. The third kappa shape index (κ3) is 4.61. The van der Waals surface area contributed by atoms with Crippen LogP contribution in [0.4, 0.5) is 0 Å². The van der Waals surface area contributed by atoms with Crippen LogP contribution in [0.5, 0.6) is 5.75 Å². The largest absolute Gasteiger partial charge is 0.768 e. The van der Waals surface area contributed by atoms with Crippen LogP contribution in [0.15, 0.2) is 28.5 Å². The predicted molar refractivity (Wildman–Crippen MR) is 88.1 cm³/mol. The first-order valence-corrected chi connectivity index (χ1v) is 8.81. The van der Waals surface area contributed by atoms with Gasteiger partial charge in [0.05, 0.1) is 12.3 Å². The standard InChI is InChI=1S/C15H20N2O3S2/c1-11-15(22(18)19)21-14(16-11)12-5-7-13(8-6-12)20-10-4-9-17(2)3/h5-8H,4,9-10H2,1-3H3,(H,18,19)/p-1. The number of aromatic nitrogens is 1. The van der Waals surface area contributed by atoms with E-state index in [-0.39, 0.29) is 0 Å². The molecule has 1 aromatic heterocycles. The van der Waals surface area contributed by atoms with Gasteiger partial charge in [0.15, 0.2) is 0 Å². The molecule has 1 heterocycles. The van der Waals surface area contributed by atoms with Crippen LogP contribution in [0.2, 0.25) is 0 Å². The van der Waals surface area contributed by atoms with Crippen molar-refractivity contribution in [2.24, 2.45) is 0 Å². The van der Waals surface area contributed by atoms with E-state index >= 15 is 0 Å². The van der Waals surface area contributed by atoms with E-state index in [1.165, 1.54) is 11.3 Å². The van der Waals surface area contributed by atoms with Gasteiger partial charge in [-0.05, 0) is 62.8 Å². The summed E-state index contributed by atoms with van der Waals surface area (Å²) in [5.41, 5.74) is 1.43. The lowest BCUT2D eigenvalue weighted by atomic mass is 10.2. The monoisotopic (exact) mass is 339 g/mol. The Morgan fingerprint density at radius 3 is 2.55 bits per heavy atom. The summed E-state index contributed by atoms with van der Waals surface area (Å²) < 4.78 is 28.1. The fraction of sp³-hybridized carbons (Fsp3) is 0.400. The molecule has 0 saturated carbocycles. The van der Waals surface area contributed by atoms with Crippen LogP contribution in [0, 0.1) is 6.92 Å². The molecule has 0 fully saturated rings. The van der Waals surface area contributed by atoms with Crippen molar-refractivity contribution in [3.8, 4) is 16.3 Å². The van der Waals surface area contributed by atoms with Crippen LogP contribution in [0.25, 0.3) is 10.6 Å². The first-order chi connectivity index (χ1) is 10.5. The van der Waals surface area contributed by atoms with Gasteiger partial charge in [0.2, 0.25) is 0 Å². The maximum absolute atomic E-state index is 11.1. The van der Waals surface area contributed by atoms with E-state index in [2.05, 4.69) is 9.88 Å². The maximum atomic E-state index is 11.1. The second-order valence-corrected chi connectivity index (χ2v) is 7.29. The lowest BCUT2D eigenvalue weighted by Crippen LogP contribution is -2.15. The van der Waals surface area contributed by atoms with Crippen LogP contribution in [-0.4, -0.2) is 45.9 Å². The van der Waals surface area contributed by atoms with Gasteiger partial charge in [0, 0.05) is 12.1 Å². The number of rotatable bonds is 7. The molecule has 7 heteroatoms. The number of thiazole rings is 1. The predicted octanol–water partition coefficient (Wildman–Crippen LogP) is 2.69. The average molecular weight is 339 g/mol. The molecule has 0 bridgehead atoms. The number of hydrogen-bond acceptors (Lipinski definition) is 6. The zero-order chi connectivity index (χ0) is 16.1. The first kappa shape index (κ1) is 17.1. The number of benzene rings is 1. The minimum Gasteiger partial charge on any atom is -0.768 e. The minimum absolute atomic E-state index is 0.291. The van der Waals surface area contributed by atoms with Gasteiger partial charge in [0.25, 0.3) is 0 Å². The van der Waals surface area contributed by atoms with Crippen LogP contribution >= 0.6 is 11.3 Å². The fourth-order valence-corrected chi connectivity index (χ4v) is 3.53. The molecule has 0 aliphatic heterocycles. The third-order valence-electron chi connectivity index (χ3n) is 3.03. The lowest BCUT2D eigenvalue weighted by molar-refractivity contribution is 0.281. The second kappa shape index (κ2) is 7.82. The highest BCUT2D eigenvalue weighted by atomic mass is 32.2. The summed E-state index contributed by atoms with van der Waals surface area (Å²) in [6.07, 6.45) is 0.971. The van der Waals surface area contributed by atoms with E-state index in [0.717, 1.165) is 24.3 Å². The molecular formula is C15H19N2O3S2-. The van der Waals surface area contributed by atoms with Gasteiger partial charge in [-0.3, -0.25) is 4.21 Å². The first-order valence-electron chi connectivity index (χ1n) is 6.92. The number of nitrogens with zero attached hydrogens (tertiary/aromatic N) is 2. The van der Waals surface area contributed by atoms with Crippen molar-refractivity contribution in [1.29, 1.82) is 0 Å². The summed E-state index contributed by atoms with van der Waals surface area (Å²) in [6, 6.07) is 7.57. The summed E-state index contributed by atoms with van der Waals surface area (Å²) in [5, 5.41) is 0.704. The molecule has 0 aliphatic carbocycles. The normalized spacial score (nSPS) is 12.6. The van der Waals surface area contributed by atoms with Crippen molar-refractivity contribution in [2.75, 3.05) is 27.2 Å². The van der Waals surface area contributed by atoms with Gasteiger partial charge >= 0.3 is 0 Å². The molecular weight excluding hydrogens is 320 g/mol. The van der Waals surface area contributed by atoms with Crippen molar-refractivity contribution in [3.05, 3.63) is 30.0 Å². The average Bonchev–Trinajstić information content (AvgIpc) is 2.86. The molecule has 0 N–H and O–H groups in total. The van der Waals surface area contributed by atoms with E-state index in [4.69, 9.17) is 4.74 Å². The van der Waals surface area contributed by atoms with Gasteiger partial charge in [-0.1, -0.05) is 0 Å². The Balaban J connectivity index is 1.99. The zero-order valence-corrected chi connectivity index (χ0v) is 14.5. The molecule has 0 saturated heterocycles. The summed E-state index contributed by atoms with van der Waals surface area (Å²) in [5.74, 6) is 0.809. The molecule has 120 valence electrons. The Labute approximate surface area is 137 Å². The topological polar surface area (TPSA) is 65.5 Å². The molecule has 0 amide bonds. The summed E-state index contributed by atoms with van der Waals surface area (Å²) in [7, 11) is 4.07. The maximum Gasteiger partial charge on any atom is 0.124 e. The Bertz CT molecular complexity index is 639. The van der Waals surface area contributed by atoms with E-state index in [0.29, 0.717) is 21.5 Å². The van der Waals surface area contributed by atoms with E-state index in [1.807, 2.05) is 38.4 Å². The van der Waals surface area contributed by atoms with Crippen molar-refractivity contribution in [2.45, 2.75) is 17.6 Å². The molecule has 0 spiro atoms. The number of hydrogen-bond donors (Lipinski definition) is 0. The molecule has 1 aromatic carbocycles. The Hall–Kier alpha value is -1.28.